The van der Waals surface area contributed by atoms with E-state index in [1.807, 2.05) is 23.6 Å². The van der Waals surface area contributed by atoms with E-state index in [1.54, 1.807) is 18.4 Å². The third-order valence-electron chi connectivity index (χ3n) is 2.79. The third kappa shape index (κ3) is 3.49. The van der Waals surface area contributed by atoms with Crippen molar-refractivity contribution in [3.8, 4) is 22.1 Å². The van der Waals surface area contributed by atoms with Crippen LogP contribution in [0.25, 0.3) is 10.6 Å². The van der Waals surface area contributed by atoms with Crippen LogP contribution in [0.3, 0.4) is 0 Å². The van der Waals surface area contributed by atoms with Gasteiger partial charge in [-0.15, -0.1) is 11.3 Å². The highest BCUT2D eigenvalue weighted by atomic mass is 32.1. The van der Waals surface area contributed by atoms with E-state index in [2.05, 4.69) is 11.9 Å². The maximum Gasteiger partial charge on any atom is 0.161 e. The first-order valence-corrected chi connectivity index (χ1v) is 7.53. The molecular weight excluding hydrogens is 274 g/mol. The van der Waals surface area contributed by atoms with E-state index in [-0.39, 0.29) is 6.61 Å². The first-order valence-electron chi connectivity index (χ1n) is 6.65. The molecule has 0 aliphatic carbocycles. The largest absolute Gasteiger partial charge is 0.493 e. The molecule has 0 bridgehead atoms. The zero-order valence-electron chi connectivity index (χ0n) is 11.8. The summed E-state index contributed by atoms with van der Waals surface area (Å²) in [4.78, 5) is 4.50. The Labute approximate surface area is 123 Å². The Balaban J connectivity index is 2.23. The number of aliphatic hydroxyl groups is 1. The van der Waals surface area contributed by atoms with Crippen molar-refractivity contribution in [2.45, 2.75) is 19.8 Å². The lowest BCUT2D eigenvalue weighted by atomic mass is 10.2. The smallest absolute Gasteiger partial charge is 0.161 e. The van der Waals surface area contributed by atoms with E-state index in [9.17, 15) is 0 Å². The molecule has 108 valence electrons. The lowest BCUT2D eigenvalue weighted by molar-refractivity contribution is 0.294. The molecule has 1 N–H and O–H groups in total. The fourth-order valence-corrected chi connectivity index (χ4v) is 2.65. The maximum atomic E-state index is 8.93. The van der Waals surface area contributed by atoms with E-state index in [1.165, 1.54) is 0 Å². The topological polar surface area (TPSA) is 51.6 Å². The second kappa shape index (κ2) is 7.26. The van der Waals surface area contributed by atoms with E-state index in [0.29, 0.717) is 13.0 Å². The number of hydrogen-bond donors (Lipinski definition) is 1. The summed E-state index contributed by atoms with van der Waals surface area (Å²) < 4.78 is 11.0. The predicted molar refractivity (Wildman–Crippen MR) is 80.7 cm³/mol. The fourth-order valence-electron chi connectivity index (χ4n) is 1.80. The average molecular weight is 293 g/mol. The Morgan fingerprint density at radius 2 is 2.15 bits per heavy atom. The van der Waals surface area contributed by atoms with Crippen LogP contribution in [-0.2, 0) is 6.42 Å². The molecule has 0 atom stereocenters. The molecule has 4 nitrogen and oxygen atoms in total. The van der Waals surface area contributed by atoms with Crippen LogP contribution < -0.4 is 9.47 Å². The van der Waals surface area contributed by atoms with Crippen molar-refractivity contribution in [1.82, 2.24) is 4.98 Å². The summed E-state index contributed by atoms with van der Waals surface area (Å²) in [5, 5.41) is 11.8. The number of aromatic nitrogens is 1. The minimum Gasteiger partial charge on any atom is -0.493 e. The van der Waals surface area contributed by atoms with Gasteiger partial charge < -0.3 is 14.6 Å². The van der Waals surface area contributed by atoms with Gasteiger partial charge in [0.1, 0.15) is 5.01 Å². The Bertz CT molecular complexity index is 554. The van der Waals surface area contributed by atoms with Gasteiger partial charge in [0, 0.05) is 24.0 Å². The Hall–Kier alpha value is -1.59. The maximum absolute atomic E-state index is 8.93. The van der Waals surface area contributed by atoms with Gasteiger partial charge in [-0.05, 0) is 24.6 Å². The number of rotatable bonds is 7. The van der Waals surface area contributed by atoms with Crippen LogP contribution in [0.1, 0.15) is 19.0 Å². The Kier molecular flexibility index (Phi) is 5.38. The first kappa shape index (κ1) is 14.8. The van der Waals surface area contributed by atoms with E-state index in [4.69, 9.17) is 14.6 Å². The van der Waals surface area contributed by atoms with Gasteiger partial charge in [0.25, 0.3) is 0 Å². The number of thiazole rings is 1. The van der Waals surface area contributed by atoms with Crippen LogP contribution in [0.5, 0.6) is 11.5 Å². The van der Waals surface area contributed by atoms with Crippen LogP contribution in [0, 0.1) is 0 Å². The molecule has 20 heavy (non-hydrogen) atoms. The van der Waals surface area contributed by atoms with Crippen molar-refractivity contribution in [3.05, 3.63) is 29.3 Å². The highest BCUT2D eigenvalue weighted by molar-refractivity contribution is 7.13. The summed E-state index contributed by atoms with van der Waals surface area (Å²) >= 11 is 1.57. The monoisotopic (exact) mass is 293 g/mol. The minimum absolute atomic E-state index is 0.121. The van der Waals surface area contributed by atoms with Crippen molar-refractivity contribution < 1.29 is 14.6 Å². The number of aliphatic hydroxyl groups excluding tert-OH is 1. The van der Waals surface area contributed by atoms with Crippen LogP contribution in [-0.4, -0.2) is 30.4 Å². The van der Waals surface area contributed by atoms with Gasteiger partial charge in [-0.1, -0.05) is 6.92 Å². The molecule has 1 aromatic heterocycles. The van der Waals surface area contributed by atoms with E-state index < -0.39 is 0 Å². The van der Waals surface area contributed by atoms with Gasteiger partial charge in [0.2, 0.25) is 0 Å². The van der Waals surface area contributed by atoms with Crippen LogP contribution in [0.15, 0.2) is 23.6 Å². The zero-order chi connectivity index (χ0) is 14.4. The molecule has 0 saturated heterocycles. The number of methoxy groups -OCH3 is 1. The van der Waals surface area contributed by atoms with Gasteiger partial charge in [0.15, 0.2) is 11.5 Å². The first-order chi connectivity index (χ1) is 9.78. The Morgan fingerprint density at radius 1 is 1.30 bits per heavy atom. The number of nitrogens with zero attached hydrogens (tertiary/aromatic N) is 1. The molecular formula is C15H19NO3S. The molecule has 1 heterocycles. The molecule has 2 rings (SSSR count). The summed E-state index contributed by atoms with van der Waals surface area (Å²) in [5.74, 6) is 1.47. The van der Waals surface area contributed by atoms with Crippen LogP contribution in [0.2, 0.25) is 0 Å². The molecule has 1 aromatic carbocycles. The molecule has 0 spiro atoms. The molecule has 0 radical (unpaired) electrons. The van der Waals surface area contributed by atoms with Gasteiger partial charge in [0.05, 0.1) is 19.4 Å². The molecule has 0 unspecified atom stereocenters. The fraction of sp³-hybridized carbons (Fsp3) is 0.400. The summed E-state index contributed by atoms with van der Waals surface area (Å²) in [6, 6.07) is 5.83. The third-order valence-corrected chi connectivity index (χ3v) is 3.73. The lowest BCUT2D eigenvalue weighted by Crippen LogP contribution is -1.97. The number of benzene rings is 1. The number of ether oxygens (including phenoxy) is 2. The molecule has 0 saturated carbocycles. The molecule has 5 heteroatoms. The Morgan fingerprint density at radius 3 is 2.85 bits per heavy atom. The quantitative estimate of drug-likeness (QED) is 0.852. The second-order valence-electron chi connectivity index (χ2n) is 4.33. The van der Waals surface area contributed by atoms with Crippen molar-refractivity contribution in [2.24, 2.45) is 0 Å². The van der Waals surface area contributed by atoms with E-state index in [0.717, 1.165) is 34.2 Å². The van der Waals surface area contributed by atoms with Crippen molar-refractivity contribution in [3.63, 3.8) is 0 Å². The van der Waals surface area contributed by atoms with Crippen LogP contribution >= 0.6 is 11.3 Å². The lowest BCUT2D eigenvalue weighted by Gasteiger charge is -2.10. The molecule has 0 amide bonds. The van der Waals surface area contributed by atoms with Crippen molar-refractivity contribution in [2.75, 3.05) is 20.3 Å². The summed E-state index contributed by atoms with van der Waals surface area (Å²) in [6.07, 6.45) is 1.55. The second-order valence-corrected chi connectivity index (χ2v) is 5.19. The normalized spacial score (nSPS) is 10.6. The van der Waals surface area contributed by atoms with Gasteiger partial charge in [-0.3, -0.25) is 0 Å². The average Bonchev–Trinajstić information content (AvgIpc) is 2.94. The molecule has 0 aliphatic heterocycles. The molecule has 0 aliphatic rings. The molecule has 0 fully saturated rings. The SMILES string of the molecule is CCCOc1ccc(-c2nc(CCO)cs2)cc1OC. The van der Waals surface area contributed by atoms with Gasteiger partial charge >= 0.3 is 0 Å². The van der Waals surface area contributed by atoms with Crippen molar-refractivity contribution in [1.29, 1.82) is 0 Å². The predicted octanol–water partition coefficient (Wildman–Crippen LogP) is 3.14. The van der Waals surface area contributed by atoms with Gasteiger partial charge in [-0.25, -0.2) is 4.98 Å². The van der Waals surface area contributed by atoms with E-state index >= 15 is 0 Å². The standard InChI is InChI=1S/C15H19NO3S/c1-3-8-19-13-5-4-11(9-14(13)18-2)15-16-12(6-7-17)10-20-15/h4-5,9-10,17H,3,6-8H2,1-2H3. The minimum atomic E-state index is 0.121. The molecule has 2 aromatic rings. The number of hydrogen-bond acceptors (Lipinski definition) is 5. The highest BCUT2D eigenvalue weighted by Gasteiger charge is 2.10. The zero-order valence-corrected chi connectivity index (χ0v) is 12.6. The van der Waals surface area contributed by atoms with Crippen molar-refractivity contribution >= 4 is 11.3 Å². The summed E-state index contributed by atoms with van der Waals surface area (Å²) in [5.41, 5.74) is 1.91. The summed E-state index contributed by atoms with van der Waals surface area (Å²) in [7, 11) is 1.64. The summed E-state index contributed by atoms with van der Waals surface area (Å²) in [6.45, 7) is 2.86. The highest BCUT2D eigenvalue weighted by Crippen LogP contribution is 2.33. The van der Waals surface area contributed by atoms with Gasteiger partial charge in [-0.2, -0.15) is 0 Å². The van der Waals surface area contributed by atoms with Crippen LogP contribution in [0.4, 0.5) is 0 Å².